The van der Waals surface area contributed by atoms with E-state index < -0.39 is 0 Å². The molecule has 0 N–H and O–H groups in total. The van der Waals surface area contributed by atoms with Crippen molar-refractivity contribution in [2.45, 2.75) is 61.1 Å². The van der Waals surface area contributed by atoms with Gasteiger partial charge in [0.2, 0.25) is 0 Å². The lowest BCUT2D eigenvalue weighted by molar-refractivity contribution is 0.206. The summed E-state index contributed by atoms with van der Waals surface area (Å²) in [6.07, 6.45) is 3.93. The lowest BCUT2D eigenvalue weighted by atomic mass is 10.2. The Hall–Kier alpha value is -0.830. The number of hydrogen-bond acceptors (Lipinski definition) is 2. The van der Waals surface area contributed by atoms with Gasteiger partial charge in [-0.2, -0.15) is 0 Å². The molecule has 0 spiro atoms. The minimum atomic E-state index is 0.471. The Balaban J connectivity index is 0. The fourth-order valence-electron chi connectivity index (χ4n) is 1.53. The summed E-state index contributed by atoms with van der Waals surface area (Å²) in [5.74, 6) is 1.19. The molecule has 0 aliphatic carbocycles. The molecule has 1 aromatic heterocycles. The molecule has 1 aliphatic heterocycles. The van der Waals surface area contributed by atoms with E-state index in [1.807, 2.05) is 47.7 Å². The number of aromatic nitrogens is 2. The summed E-state index contributed by atoms with van der Waals surface area (Å²) in [5.41, 5.74) is 0. The van der Waals surface area contributed by atoms with Gasteiger partial charge in [0.05, 0.1) is 6.04 Å². The summed E-state index contributed by atoms with van der Waals surface area (Å²) >= 11 is 0. The van der Waals surface area contributed by atoms with Gasteiger partial charge in [0.1, 0.15) is 5.82 Å². The monoisotopic (exact) mass is 241 g/mol. The third kappa shape index (κ3) is 5.35. The molecular formula is C14H31N3. The van der Waals surface area contributed by atoms with E-state index in [9.17, 15) is 0 Å². The van der Waals surface area contributed by atoms with Crippen molar-refractivity contribution in [3.05, 3.63) is 18.2 Å². The van der Waals surface area contributed by atoms with Gasteiger partial charge < -0.3 is 4.57 Å². The molecule has 1 atom stereocenters. The number of hydrogen-bond donors (Lipinski definition) is 0. The number of fused-ring (bicyclic) bond motifs is 1. The molecule has 1 unspecified atom stereocenters. The Morgan fingerprint density at radius 3 is 2.12 bits per heavy atom. The van der Waals surface area contributed by atoms with Crippen LogP contribution in [0, 0.1) is 0 Å². The zero-order valence-electron chi connectivity index (χ0n) is 13.0. The van der Waals surface area contributed by atoms with Crippen LogP contribution in [0.15, 0.2) is 12.4 Å². The maximum atomic E-state index is 4.31. The van der Waals surface area contributed by atoms with E-state index >= 15 is 0 Å². The predicted octanol–water partition coefficient (Wildman–Crippen LogP) is 3.97. The molecule has 3 nitrogen and oxygen atoms in total. The van der Waals surface area contributed by atoms with Gasteiger partial charge in [-0.1, -0.05) is 41.5 Å². The van der Waals surface area contributed by atoms with E-state index in [0.717, 1.165) is 13.1 Å². The number of rotatable bonds is 0. The quantitative estimate of drug-likeness (QED) is 0.685. The fraction of sp³-hybridized carbons (Fsp3) is 0.786. The summed E-state index contributed by atoms with van der Waals surface area (Å²) in [4.78, 5) is 6.63. The van der Waals surface area contributed by atoms with Gasteiger partial charge in [-0.05, 0) is 14.0 Å². The molecular weight excluding hydrogens is 210 g/mol. The van der Waals surface area contributed by atoms with Crippen LogP contribution in [0.1, 0.15) is 60.3 Å². The summed E-state index contributed by atoms with van der Waals surface area (Å²) in [5, 5.41) is 0. The molecule has 17 heavy (non-hydrogen) atoms. The first-order valence-corrected chi connectivity index (χ1v) is 7.00. The summed E-state index contributed by atoms with van der Waals surface area (Å²) < 4.78 is 2.23. The molecule has 2 heterocycles. The van der Waals surface area contributed by atoms with Gasteiger partial charge in [-0.3, -0.25) is 4.90 Å². The third-order valence-electron chi connectivity index (χ3n) is 2.48. The van der Waals surface area contributed by atoms with Crippen molar-refractivity contribution in [3.8, 4) is 0 Å². The number of imidazole rings is 1. The molecule has 0 amide bonds. The van der Waals surface area contributed by atoms with Crippen LogP contribution in [0.25, 0.3) is 0 Å². The first-order chi connectivity index (χ1) is 8.29. The second kappa shape index (κ2) is 11.6. The van der Waals surface area contributed by atoms with Crippen LogP contribution < -0.4 is 0 Å². The van der Waals surface area contributed by atoms with Crippen molar-refractivity contribution >= 4 is 0 Å². The lowest BCUT2D eigenvalue weighted by Gasteiger charge is -2.30. The van der Waals surface area contributed by atoms with Crippen molar-refractivity contribution in [1.82, 2.24) is 14.5 Å². The molecule has 0 bridgehead atoms. The maximum absolute atomic E-state index is 4.31. The van der Waals surface area contributed by atoms with Gasteiger partial charge in [0, 0.05) is 25.5 Å². The molecule has 0 radical (unpaired) electrons. The van der Waals surface area contributed by atoms with Crippen LogP contribution in [-0.4, -0.2) is 28.0 Å². The fourth-order valence-corrected chi connectivity index (χ4v) is 1.53. The smallest absolute Gasteiger partial charge is 0.125 e. The predicted molar refractivity (Wildman–Crippen MR) is 77.3 cm³/mol. The number of nitrogens with zero attached hydrogens (tertiary/aromatic N) is 3. The van der Waals surface area contributed by atoms with E-state index in [1.54, 1.807) is 0 Å². The van der Waals surface area contributed by atoms with Crippen molar-refractivity contribution in [2.75, 3.05) is 13.6 Å². The van der Waals surface area contributed by atoms with Crippen LogP contribution in [-0.2, 0) is 6.54 Å². The highest BCUT2D eigenvalue weighted by molar-refractivity contribution is 5.01. The number of likely N-dealkylation sites (N-methyl/N-ethyl adjacent to an activating group) is 1. The van der Waals surface area contributed by atoms with Crippen molar-refractivity contribution in [3.63, 3.8) is 0 Å². The minimum Gasteiger partial charge on any atom is -0.332 e. The molecule has 0 saturated heterocycles. The van der Waals surface area contributed by atoms with Crippen LogP contribution in [0.5, 0.6) is 0 Å². The topological polar surface area (TPSA) is 21.1 Å². The van der Waals surface area contributed by atoms with E-state index in [1.165, 1.54) is 5.82 Å². The van der Waals surface area contributed by atoms with Crippen molar-refractivity contribution in [1.29, 1.82) is 0 Å². The summed E-state index contributed by atoms with van der Waals surface area (Å²) in [6, 6.07) is 0.471. The molecule has 0 aromatic carbocycles. The van der Waals surface area contributed by atoms with Crippen LogP contribution in [0.3, 0.4) is 0 Å². The Kier molecular flexibility index (Phi) is 12.7. The first-order valence-electron chi connectivity index (χ1n) is 7.00. The molecule has 0 saturated carbocycles. The largest absolute Gasteiger partial charge is 0.332 e. The third-order valence-corrected chi connectivity index (χ3v) is 2.48. The molecule has 0 fully saturated rings. The van der Waals surface area contributed by atoms with Gasteiger partial charge in [-0.25, -0.2) is 4.98 Å². The second-order valence-corrected chi connectivity index (χ2v) is 3.14. The Labute approximate surface area is 108 Å². The highest BCUT2D eigenvalue weighted by atomic mass is 15.2. The maximum Gasteiger partial charge on any atom is 0.125 e. The van der Waals surface area contributed by atoms with Crippen LogP contribution in [0.4, 0.5) is 0 Å². The molecule has 3 heteroatoms. The van der Waals surface area contributed by atoms with Crippen molar-refractivity contribution < 1.29 is 0 Å². The highest BCUT2D eigenvalue weighted by Crippen LogP contribution is 2.20. The summed E-state index contributed by atoms with van der Waals surface area (Å²) in [6.45, 7) is 16.4. The average Bonchev–Trinajstić information content (AvgIpc) is 2.90. The highest BCUT2D eigenvalue weighted by Gasteiger charge is 2.20. The van der Waals surface area contributed by atoms with Gasteiger partial charge in [0.15, 0.2) is 0 Å². The Bertz CT molecular complexity index is 256. The Morgan fingerprint density at radius 1 is 1.06 bits per heavy atom. The van der Waals surface area contributed by atoms with Crippen LogP contribution >= 0.6 is 0 Å². The molecule has 1 aliphatic rings. The van der Waals surface area contributed by atoms with Gasteiger partial charge >= 0.3 is 0 Å². The molecule has 1 aromatic rings. The van der Waals surface area contributed by atoms with E-state index in [-0.39, 0.29) is 0 Å². The first kappa shape index (κ1) is 18.5. The Morgan fingerprint density at radius 2 is 1.59 bits per heavy atom. The normalized spacial score (nSPS) is 17.3. The molecule has 2 rings (SSSR count). The van der Waals surface area contributed by atoms with Crippen molar-refractivity contribution in [2.24, 2.45) is 0 Å². The van der Waals surface area contributed by atoms with E-state index in [2.05, 4.69) is 34.6 Å². The lowest BCUT2D eigenvalue weighted by Crippen LogP contribution is -2.33. The second-order valence-electron chi connectivity index (χ2n) is 3.14. The standard InChI is InChI=1S/C8H13N3.3C2H6/c1-7-8-9-3-4-11(8)6-5-10(7)2;3*1-2/h3-4,7H,5-6H2,1-2H3;3*1-2H3. The zero-order valence-corrected chi connectivity index (χ0v) is 13.0. The van der Waals surface area contributed by atoms with Gasteiger partial charge in [0.25, 0.3) is 0 Å². The van der Waals surface area contributed by atoms with E-state index in [0.29, 0.717) is 6.04 Å². The van der Waals surface area contributed by atoms with Gasteiger partial charge in [-0.15, -0.1) is 0 Å². The van der Waals surface area contributed by atoms with E-state index in [4.69, 9.17) is 0 Å². The summed E-state index contributed by atoms with van der Waals surface area (Å²) in [7, 11) is 2.14. The average molecular weight is 241 g/mol. The zero-order chi connectivity index (χ0) is 13.8. The minimum absolute atomic E-state index is 0.471. The molecule has 102 valence electrons. The SMILES string of the molecule is CC.CC.CC.CC1c2nccn2CCN1C. The van der Waals surface area contributed by atoms with Crippen LogP contribution in [0.2, 0.25) is 0 Å².